The molecule has 0 aromatic heterocycles. The zero-order chi connectivity index (χ0) is 16.5. The molecule has 0 aliphatic carbocycles. The summed E-state index contributed by atoms with van der Waals surface area (Å²) in [5.41, 5.74) is 2.65. The van der Waals surface area contributed by atoms with Gasteiger partial charge in [-0.05, 0) is 17.9 Å². The fourth-order valence-electron chi connectivity index (χ4n) is 2.53. The molecule has 0 aliphatic heterocycles. The highest BCUT2D eigenvalue weighted by atomic mass is 16.1. The minimum atomic E-state index is -0.0141. The van der Waals surface area contributed by atoms with E-state index in [-0.39, 0.29) is 11.9 Å². The summed E-state index contributed by atoms with van der Waals surface area (Å²) in [5.74, 6) is 3.44. The van der Waals surface area contributed by atoms with Crippen LogP contribution in [0.4, 0.5) is 0 Å². The van der Waals surface area contributed by atoms with Crippen LogP contribution in [0.2, 0.25) is 0 Å². The van der Waals surface area contributed by atoms with Crippen LogP contribution >= 0.6 is 0 Å². The van der Waals surface area contributed by atoms with Crippen molar-refractivity contribution in [3.63, 3.8) is 0 Å². The Balaban J connectivity index is 2.71. The van der Waals surface area contributed by atoms with Gasteiger partial charge in [-0.2, -0.15) is 0 Å². The van der Waals surface area contributed by atoms with Gasteiger partial charge in [-0.25, -0.2) is 0 Å². The maximum Gasteiger partial charge on any atom is 0.275 e. The largest absolute Gasteiger partial charge is 0.340 e. The van der Waals surface area contributed by atoms with Crippen LogP contribution < -0.4 is 10.6 Å². The van der Waals surface area contributed by atoms with Crippen LogP contribution in [0.5, 0.6) is 0 Å². The lowest BCUT2D eigenvalue weighted by molar-refractivity contribution is -0.692. The van der Waals surface area contributed by atoms with Crippen LogP contribution in [0.25, 0.3) is 0 Å². The Bertz CT molecular complexity index is 499. The molecule has 1 aromatic rings. The summed E-state index contributed by atoms with van der Waals surface area (Å²) in [6.45, 7) is 9.52. The van der Waals surface area contributed by atoms with E-state index >= 15 is 0 Å². The topological polar surface area (TPSA) is 45.7 Å². The van der Waals surface area contributed by atoms with Gasteiger partial charge >= 0.3 is 0 Å². The second-order valence-electron chi connectivity index (χ2n) is 6.17. The quantitative estimate of drug-likeness (QED) is 0.711. The van der Waals surface area contributed by atoms with Crippen LogP contribution in [-0.4, -0.2) is 19.0 Å². The van der Waals surface area contributed by atoms with Gasteiger partial charge in [0.1, 0.15) is 6.04 Å². The molecular formula is C19H29N2O+. The van der Waals surface area contributed by atoms with Crippen molar-refractivity contribution < 1.29 is 10.1 Å². The lowest BCUT2D eigenvalue weighted by atomic mass is 9.92. The number of nitrogens with one attached hydrogen (secondary N) is 1. The van der Waals surface area contributed by atoms with E-state index < -0.39 is 0 Å². The second kappa shape index (κ2) is 9.27. The number of benzene rings is 1. The molecule has 1 aromatic carbocycles. The Labute approximate surface area is 134 Å². The van der Waals surface area contributed by atoms with Gasteiger partial charge in [0.05, 0.1) is 6.54 Å². The van der Waals surface area contributed by atoms with Gasteiger partial charge in [0.25, 0.3) is 5.91 Å². The number of quaternary nitrogens is 1. The number of amides is 1. The maximum atomic E-state index is 11.7. The Hall–Kier alpha value is -1.79. The average molecular weight is 301 g/mol. The molecule has 3 heteroatoms. The van der Waals surface area contributed by atoms with Crippen molar-refractivity contribution in [2.45, 2.75) is 46.1 Å². The number of rotatable bonds is 8. The summed E-state index contributed by atoms with van der Waals surface area (Å²) in [6.07, 6.45) is 6.29. The zero-order valence-electron chi connectivity index (χ0n) is 14.2. The molecule has 3 nitrogen and oxygen atoms in total. The molecule has 22 heavy (non-hydrogen) atoms. The third kappa shape index (κ3) is 5.54. The van der Waals surface area contributed by atoms with E-state index in [4.69, 9.17) is 6.42 Å². The molecular weight excluding hydrogens is 272 g/mol. The van der Waals surface area contributed by atoms with Gasteiger partial charge in [0.15, 0.2) is 6.54 Å². The van der Waals surface area contributed by atoms with E-state index in [1.807, 2.05) is 0 Å². The first-order valence-corrected chi connectivity index (χ1v) is 8.12. The van der Waals surface area contributed by atoms with Crippen molar-refractivity contribution in [2.24, 2.45) is 5.92 Å². The Morgan fingerprint density at radius 1 is 1.23 bits per heavy atom. The first-order chi connectivity index (χ1) is 10.5. The van der Waals surface area contributed by atoms with Gasteiger partial charge in [-0.1, -0.05) is 57.9 Å². The van der Waals surface area contributed by atoms with Gasteiger partial charge in [-0.15, -0.1) is 6.42 Å². The predicted molar refractivity (Wildman–Crippen MR) is 91.4 cm³/mol. The van der Waals surface area contributed by atoms with Gasteiger partial charge < -0.3 is 10.6 Å². The summed E-state index contributed by atoms with van der Waals surface area (Å²) in [7, 11) is 0. The molecule has 0 heterocycles. The summed E-state index contributed by atoms with van der Waals surface area (Å²) < 4.78 is 0. The smallest absolute Gasteiger partial charge is 0.275 e. The molecule has 0 saturated heterocycles. The highest BCUT2D eigenvalue weighted by molar-refractivity contribution is 5.76. The molecule has 3 N–H and O–H groups in total. The third-order valence-corrected chi connectivity index (χ3v) is 4.17. The normalized spacial score (nSPS) is 13.5. The van der Waals surface area contributed by atoms with Gasteiger partial charge in [0, 0.05) is 11.5 Å². The molecule has 1 rings (SSSR count). The summed E-state index contributed by atoms with van der Waals surface area (Å²) >= 11 is 0. The first kappa shape index (κ1) is 18.3. The zero-order valence-corrected chi connectivity index (χ0v) is 14.2. The Morgan fingerprint density at radius 2 is 1.82 bits per heavy atom. The SMILES string of the molecule is C#CCNC(=O)C[NH2+][C@@H](c1ccc([C@@H](C)CC)cc1)C(C)C. The van der Waals surface area contributed by atoms with Crippen molar-refractivity contribution in [1.82, 2.24) is 5.32 Å². The number of terminal acetylenes is 1. The highest BCUT2D eigenvalue weighted by Crippen LogP contribution is 2.22. The Kier molecular flexibility index (Phi) is 7.70. The minimum absolute atomic E-state index is 0.0141. The van der Waals surface area contributed by atoms with E-state index in [1.54, 1.807) is 0 Å². The van der Waals surface area contributed by atoms with Crippen molar-refractivity contribution in [3.05, 3.63) is 35.4 Å². The van der Waals surface area contributed by atoms with Crippen LogP contribution in [0.1, 0.15) is 57.2 Å². The molecule has 1 amide bonds. The average Bonchev–Trinajstić information content (AvgIpc) is 2.52. The molecule has 0 unspecified atom stereocenters. The lowest BCUT2D eigenvalue weighted by Gasteiger charge is -2.20. The van der Waals surface area contributed by atoms with E-state index in [0.717, 1.165) is 6.42 Å². The molecule has 0 bridgehead atoms. The van der Waals surface area contributed by atoms with E-state index in [2.05, 4.69) is 68.5 Å². The fraction of sp³-hybridized carbons (Fsp3) is 0.526. The summed E-state index contributed by atoms with van der Waals surface area (Å²) in [5, 5.41) is 4.80. The summed E-state index contributed by atoms with van der Waals surface area (Å²) in [6, 6.07) is 9.10. The third-order valence-electron chi connectivity index (χ3n) is 4.17. The van der Waals surface area contributed by atoms with E-state index in [1.165, 1.54) is 11.1 Å². The van der Waals surface area contributed by atoms with E-state index in [0.29, 0.717) is 24.9 Å². The summed E-state index contributed by atoms with van der Waals surface area (Å²) in [4.78, 5) is 11.7. The van der Waals surface area contributed by atoms with Crippen LogP contribution in [0.3, 0.4) is 0 Å². The van der Waals surface area contributed by atoms with Crippen molar-refractivity contribution in [2.75, 3.05) is 13.1 Å². The lowest BCUT2D eigenvalue weighted by Crippen LogP contribution is -2.88. The van der Waals surface area contributed by atoms with Gasteiger partial charge in [-0.3, -0.25) is 4.79 Å². The number of hydrogen-bond donors (Lipinski definition) is 2. The van der Waals surface area contributed by atoms with Crippen molar-refractivity contribution in [1.29, 1.82) is 0 Å². The number of hydrogen-bond acceptors (Lipinski definition) is 1. The van der Waals surface area contributed by atoms with Crippen LogP contribution in [0, 0.1) is 18.3 Å². The van der Waals surface area contributed by atoms with Crippen molar-refractivity contribution in [3.8, 4) is 12.3 Å². The molecule has 0 saturated carbocycles. The molecule has 120 valence electrons. The standard InChI is InChI=1S/C19H28N2O/c1-6-12-20-18(22)13-21-19(14(3)4)17-10-8-16(9-11-17)15(5)7-2/h1,8-11,14-15,19,21H,7,12-13H2,2-5H3,(H,20,22)/p+1/t15-,19+/m0/s1. The second-order valence-corrected chi connectivity index (χ2v) is 6.17. The van der Waals surface area contributed by atoms with Gasteiger partial charge in [0.2, 0.25) is 0 Å². The Morgan fingerprint density at radius 3 is 2.32 bits per heavy atom. The maximum absolute atomic E-state index is 11.7. The molecule has 0 radical (unpaired) electrons. The van der Waals surface area contributed by atoms with Crippen LogP contribution in [0.15, 0.2) is 24.3 Å². The number of nitrogens with two attached hydrogens (primary N) is 1. The van der Waals surface area contributed by atoms with Crippen LogP contribution in [-0.2, 0) is 4.79 Å². The minimum Gasteiger partial charge on any atom is -0.340 e. The predicted octanol–water partition coefficient (Wildman–Crippen LogP) is 2.21. The number of carbonyl (C=O) groups is 1. The molecule has 0 spiro atoms. The van der Waals surface area contributed by atoms with Crippen molar-refractivity contribution >= 4 is 5.91 Å². The first-order valence-electron chi connectivity index (χ1n) is 8.12. The molecule has 2 atom stereocenters. The fourth-order valence-corrected chi connectivity index (χ4v) is 2.53. The number of carbonyl (C=O) groups excluding carboxylic acids is 1. The molecule has 0 fully saturated rings. The van der Waals surface area contributed by atoms with E-state index in [9.17, 15) is 4.79 Å². The monoisotopic (exact) mass is 301 g/mol. The molecule has 0 aliphatic rings. The highest BCUT2D eigenvalue weighted by Gasteiger charge is 2.20.